The Hall–Kier alpha value is 0.420. The van der Waals surface area contributed by atoms with Crippen molar-refractivity contribution in [2.24, 2.45) is 5.73 Å². The Bertz CT molecular complexity index is 571. The van der Waals surface area contributed by atoms with Gasteiger partial charge in [0.15, 0.2) is 0 Å². The molecule has 0 fully saturated rings. The lowest BCUT2D eigenvalue weighted by Crippen LogP contribution is -2.13. The number of nitrogens with two attached hydrogens (primary N) is 1. The van der Waals surface area contributed by atoms with Crippen molar-refractivity contribution in [3.63, 3.8) is 0 Å². The van der Waals surface area contributed by atoms with Crippen LogP contribution in [0.4, 0.5) is 0 Å². The van der Waals surface area contributed by atoms with Crippen molar-refractivity contribution in [3.8, 4) is 0 Å². The van der Waals surface area contributed by atoms with E-state index in [1.807, 2.05) is 12.1 Å². The Morgan fingerprint density at radius 1 is 1.22 bits per heavy atom. The molecule has 96 valence electrons. The molecule has 0 saturated carbocycles. The van der Waals surface area contributed by atoms with Gasteiger partial charge in [-0.05, 0) is 73.7 Å². The quantitative estimate of drug-likeness (QED) is 0.653. The molecule has 1 atom stereocenters. The normalized spacial score (nSPS) is 12.7. The lowest BCUT2D eigenvalue weighted by atomic mass is 10.0. The maximum atomic E-state index is 6.21. The van der Waals surface area contributed by atoms with E-state index in [-0.39, 0.29) is 6.04 Å². The summed E-state index contributed by atoms with van der Waals surface area (Å²) in [6, 6.07) is 7.34. The van der Waals surface area contributed by atoms with Crippen LogP contribution in [0.15, 0.2) is 31.8 Å². The monoisotopic (exact) mass is 427 g/mol. The maximum Gasteiger partial charge on any atom is 0.0758 e. The largest absolute Gasteiger partial charge is 0.324 e. The van der Waals surface area contributed by atoms with Gasteiger partial charge in [-0.3, -0.25) is 0 Å². The van der Waals surface area contributed by atoms with Gasteiger partial charge >= 0.3 is 0 Å². The van der Waals surface area contributed by atoms with Crippen molar-refractivity contribution in [2.45, 2.75) is 12.5 Å². The van der Waals surface area contributed by atoms with Crippen molar-refractivity contribution >= 4 is 66.4 Å². The van der Waals surface area contributed by atoms with Crippen molar-refractivity contribution < 1.29 is 0 Å². The molecule has 2 rings (SSSR count). The third-order valence-electron chi connectivity index (χ3n) is 2.53. The van der Waals surface area contributed by atoms with Crippen LogP contribution in [0.1, 0.15) is 17.2 Å². The molecule has 0 aliphatic rings. The number of benzene rings is 1. The summed E-state index contributed by atoms with van der Waals surface area (Å²) in [5, 5.41) is 1.37. The zero-order valence-corrected chi connectivity index (χ0v) is 14.6. The van der Waals surface area contributed by atoms with Gasteiger partial charge in [-0.25, -0.2) is 0 Å². The smallest absolute Gasteiger partial charge is 0.0758 e. The molecule has 0 radical (unpaired) electrons. The van der Waals surface area contributed by atoms with Crippen LogP contribution in [-0.4, -0.2) is 0 Å². The van der Waals surface area contributed by atoms with Crippen LogP contribution < -0.4 is 5.73 Å². The molecule has 0 bridgehead atoms. The molecule has 1 aromatic carbocycles. The van der Waals surface area contributed by atoms with Crippen LogP contribution in [0.5, 0.6) is 0 Å². The molecule has 1 unspecified atom stereocenters. The fraction of sp³-hybridized carbons (Fsp3) is 0.167. The van der Waals surface area contributed by atoms with Gasteiger partial charge in [-0.15, -0.1) is 11.3 Å². The van der Waals surface area contributed by atoms with E-state index in [2.05, 4.69) is 31.9 Å². The summed E-state index contributed by atoms with van der Waals surface area (Å²) < 4.78 is 2.09. The Kier molecular flexibility index (Phi) is 5.14. The lowest BCUT2D eigenvalue weighted by molar-refractivity contribution is 0.722. The van der Waals surface area contributed by atoms with Crippen LogP contribution in [0, 0.1) is 0 Å². The summed E-state index contributed by atoms with van der Waals surface area (Å²) in [4.78, 5) is 0. The van der Waals surface area contributed by atoms with E-state index < -0.39 is 0 Å². The minimum absolute atomic E-state index is 0.113. The third kappa shape index (κ3) is 3.50. The van der Waals surface area contributed by atoms with E-state index in [0.29, 0.717) is 16.5 Å². The zero-order chi connectivity index (χ0) is 13.3. The SMILES string of the molecule is NC(Cc1cc(Cl)ccc1Cl)c1cc(Br)sc1Br. The maximum absolute atomic E-state index is 6.21. The molecular weight excluding hydrogens is 421 g/mol. The average molecular weight is 430 g/mol. The summed E-state index contributed by atoms with van der Waals surface area (Å²) in [7, 11) is 0. The number of rotatable bonds is 3. The van der Waals surface area contributed by atoms with Gasteiger partial charge < -0.3 is 5.73 Å². The Morgan fingerprint density at radius 2 is 1.94 bits per heavy atom. The Labute approximate surface area is 137 Å². The van der Waals surface area contributed by atoms with Gasteiger partial charge in [0.1, 0.15) is 0 Å². The number of hydrogen-bond acceptors (Lipinski definition) is 2. The third-order valence-corrected chi connectivity index (χ3v) is 5.52. The fourth-order valence-corrected chi connectivity index (χ4v) is 5.04. The molecule has 0 saturated heterocycles. The van der Waals surface area contributed by atoms with Crippen molar-refractivity contribution in [3.05, 3.63) is 53.0 Å². The first-order valence-electron chi connectivity index (χ1n) is 5.11. The van der Waals surface area contributed by atoms with E-state index in [9.17, 15) is 0 Å². The highest BCUT2D eigenvalue weighted by Gasteiger charge is 2.15. The van der Waals surface area contributed by atoms with E-state index in [1.54, 1.807) is 23.5 Å². The highest BCUT2D eigenvalue weighted by Crippen LogP contribution is 2.36. The number of hydrogen-bond donors (Lipinski definition) is 1. The average Bonchev–Trinajstić information content (AvgIpc) is 2.63. The number of thiophene rings is 1. The number of halogens is 4. The van der Waals surface area contributed by atoms with Gasteiger partial charge in [0, 0.05) is 16.1 Å². The standard InChI is InChI=1S/C12H9Br2Cl2NS/c13-11-5-8(12(14)18-11)10(17)4-6-3-7(15)1-2-9(6)16/h1-3,5,10H,4,17H2. The van der Waals surface area contributed by atoms with Crippen LogP contribution >= 0.6 is 66.4 Å². The van der Waals surface area contributed by atoms with E-state index in [4.69, 9.17) is 28.9 Å². The molecule has 1 nitrogen and oxygen atoms in total. The first-order valence-corrected chi connectivity index (χ1v) is 8.27. The highest BCUT2D eigenvalue weighted by molar-refractivity contribution is 9.12. The molecule has 0 spiro atoms. The Morgan fingerprint density at radius 3 is 2.56 bits per heavy atom. The molecule has 2 aromatic rings. The van der Waals surface area contributed by atoms with E-state index in [1.165, 1.54) is 0 Å². The molecule has 6 heteroatoms. The van der Waals surface area contributed by atoms with Crippen LogP contribution in [-0.2, 0) is 6.42 Å². The molecule has 0 aliphatic heterocycles. The molecule has 0 aliphatic carbocycles. The molecule has 1 aromatic heterocycles. The second-order valence-corrected chi connectivity index (χ2v) is 8.42. The molecular formula is C12H9Br2Cl2NS. The first-order chi connectivity index (χ1) is 8.47. The minimum Gasteiger partial charge on any atom is -0.324 e. The molecule has 2 N–H and O–H groups in total. The van der Waals surface area contributed by atoms with Gasteiger partial charge in [0.05, 0.1) is 7.57 Å². The predicted molar refractivity (Wildman–Crippen MR) is 86.8 cm³/mol. The second kappa shape index (κ2) is 6.25. The van der Waals surface area contributed by atoms with Crippen LogP contribution in [0.25, 0.3) is 0 Å². The van der Waals surface area contributed by atoms with Gasteiger partial charge in [-0.1, -0.05) is 23.2 Å². The van der Waals surface area contributed by atoms with Gasteiger partial charge in [-0.2, -0.15) is 0 Å². The predicted octanol–water partition coefficient (Wildman–Crippen LogP) is 5.82. The van der Waals surface area contributed by atoms with Gasteiger partial charge in [0.25, 0.3) is 0 Å². The summed E-state index contributed by atoms with van der Waals surface area (Å²) in [5.74, 6) is 0. The second-order valence-electron chi connectivity index (χ2n) is 3.83. The van der Waals surface area contributed by atoms with Crippen molar-refractivity contribution in [1.82, 2.24) is 0 Å². The highest BCUT2D eigenvalue weighted by atomic mass is 79.9. The van der Waals surface area contributed by atoms with Crippen molar-refractivity contribution in [2.75, 3.05) is 0 Å². The first kappa shape index (κ1) is 14.8. The minimum atomic E-state index is -0.113. The zero-order valence-electron chi connectivity index (χ0n) is 9.09. The summed E-state index contributed by atoms with van der Waals surface area (Å²) >= 11 is 20.7. The Balaban J connectivity index is 2.23. The van der Waals surface area contributed by atoms with Crippen molar-refractivity contribution in [1.29, 1.82) is 0 Å². The molecule has 18 heavy (non-hydrogen) atoms. The van der Waals surface area contributed by atoms with E-state index >= 15 is 0 Å². The van der Waals surface area contributed by atoms with E-state index in [0.717, 1.165) is 18.7 Å². The molecule has 0 amide bonds. The summed E-state index contributed by atoms with van der Waals surface area (Å²) in [6.07, 6.45) is 0.654. The van der Waals surface area contributed by atoms with Crippen LogP contribution in [0.2, 0.25) is 10.0 Å². The summed E-state index contributed by atoms with van der Waals surface area (Å²) in [5.41, 5.74) is 8.25. The molecule has 1 heterocycles. The summed E-state index contributed by atoms with van der Waals surface area (Å²) in [6.45, 7) is 0. The fourth-order valence-electron chi connectivity index (χ4n) is 1.65. The topological polar surface area (TPSA) is 26.0 Å². The van der Waals surface area contributed by atoms with Crippen LogP contribution in [0.3, 0.4) is 0 Å². The van der Waals surface area contributed by atoms with Gasteiger partial charge in [0.2, 0.25) is 0 Å². The lowest BCUT2D eigenvalue weighted by Gasteiger charge is -2.12.